The summed E-state index contributed by atoms with van der Waals surface area (Å²) in [6, 6.07) is 12.0. The lowest BCUT2D eigenvalue weighted by molar-refractivity contribution is -0.117. The standard InChI is InChI=1S/C24H31NO4/c1-7-17-8-11-19(12-9-17)23(16(2)3)25-22(26)13-10-18-14-20(27-4)24(29-6)21(15-18)28-5/h8-16,23H,7H2,1-6H3,(H,25,26)/b13-10+. The van der Waals surface area contributed by atoms with Crippen LogP contribution in [0, 0.1) is 5.92 Å². The summed E-state index contributed by atoms with van der Waals surface area (Å²) in [5, 5.41) is 3.11. The second-order valence-corrected chi connectivity index (χ2v) is 7.12. The van der Waals surface area contributed by atoms with Crippen molar-refractivity contribution in [2.75, 3.05) is 21.3 Å². The third kappa shape index (κ3) is 5.76. The average molecular weight is 398 g/mol. The van der Waals surface area contributed by atoms with Crippen molar-refractivity contribution in [3.8, 4) is 17.2 Å². The largest absolute Gasteiger partial charge is 0.493 e. The molecule has 0 spiro atoms. The first kappa shape index (κ1) is 22.3. The van der Waals surface area contributed by atoms with Crippen LogP contribution in [0.1, 0.15) is 43.5 Å². The van der Waals surface area contributed by atoms with Gasteiger partial charge in [0.05, 0.1) is 27.4 Å². The molecule has 0 aliphatic rings. The van der Waals surface area contributed by atoms with Crippen LogP contribution in [-0.4, -0.2) is 27.2 Å². The molecule has 0 fully saturated rings. The van der Waals surface area contributed by atoms with Gasteiger partial charge >= 0.3 is 0 Å². The Bertz CT molecular complexity index is 815. The minimum absolute atomic E-state index is 0.0574. The maximum Gasteiger partial charge on any atom is 0.244 e. The van der Waals surface area contributed by atoms with E-state index in [2.05, 4.69) is 50.4 Å². The second-order valence-electron chi connectivity index (χ2n) is 7.12. The SMILES string of the molecule is CCc1ccc(C(NC(=O)/C=C/c2cc(OC)c(OC)c(OC)c2)C(C)C)cc1. The van der Waals surface area contributed by atoms with E-state index in [1.165, 1.54) is 11.6 Å². The van der Waals surface area contributed by atoms with Crippen LogP contribution in [0.2, 0.25) is 0 Å². The Balaban J connectivity index is 2.18. The van der Waals surface area contributed by atoms with Crippen molar-refractivity contribution in [3.63, 3.8) is 0 Å². The fourth-order valence-electron chi connectivity index (χ4n) is 3.17. The van der Waals surface area contributed by atoms with Crippen LogP contribution < -0.4 is 19.5 Å². The highest BCUT2D eigenvalue weighted by molar-refractivity contribution is 5.92. The lowest BCUT2D eigenvalue weighted by Crippen LogP contribution is -2.30. The number of hydrogen-bond donors (Lipinski definition) is 1. The molecule has 1 amide bonds. The van der Waals surface area contributed by atoms with Gasteiger partial charge in [-0.2, -0.15) is 0 Å². The highest BCUT2D eigenvalue weighted by Crippen LogP contribution is 2.38. The minimum atomic E-state index is -0.156. The summed E-state index contributed by atoms with van der Waals surface area (Å²) in [5.41, 5.74) is 3.17. The Morgan fingerprint density at radius 3 is 2.03 bits per heavy atom. The molecule has 0 aromatic heterocycles. The molecule has 5 heteroatoms. The number of aryl methyl sites for hydroxylation is 1. The molecule has 2 rings (SSSR count). The third-order valence-electron chi connectivity index (χ3n) is 4.83. The molecular weight excluding hydrogens is 366 g/mol. The zero-order valence-corrected chi connectivity index (χ0v) is 18.1. The normalized spacial score (nSPS) is 12.1. The van der Waals surface area contributed by atoms with Crippen molar-refractivity contribution in [2.45, 2.75) is 33.2 Å². The van der Waals surface area contributed by atoms with Gasteiger partial charge in [-0.15, -0.1) is 0 Å². The molecule has 5 nitrogen and oxygen atoms in total. The Morgan fingerprint density at radius 1 is 1.00 bits per heavy atom. The Morgan fingerprint density at radius 2 is 1.59 bits per heavy atom. The van der Waals surface area contributed by atoms with Crippen LogP contribution >= 0.6 is 0 Å². The highest BCUT2D eigenvalue weighted by Gasteiger charge is 2.17. The van der Waals surface area contributed by atoms with Crippen LogP contribution in [0.4, 0.5) is 0 Å². The number of benzene rings is 2. The molecule has 156 valence electrons. The lowest BCUT2D eigenvalue weighted by atomic mass is 9.95. The molecule has 0 saturated carbocycles. The van der Waals surface area contributed by atoms with Gasteiger partial charge in [0.15, 0.2) is 11.5 Å². The van der Waals surface area contributed by atoms with Gasteiger partial charge in [0, 0.05) is 6.08 Å². The Hall–Kier alpha value is -2.95. The highest BCUT2D eigenvalue weighted by atomic mass is 16.5. The van der Waals surface area contributed by atoms with E-state index >= 15 is 0 Å². The first-order chi connectivity index (χ1) is 13.9. The summed E-state index contributed by atoms with van der Waals surface area (Å²) >= 11 is 0. The summed E-state index contributed by atoms with van der Waals surface area (Å²) in [6.45, 7) is 6.33. The second kappa shape index (κ2) is 10.6. The van der Waals surface area contributed by atoms with Crippen LogP contribution in [0.5, 0.6) is 17.2 Å². The van der Waals surface area contributed by atoms with Crippen molar-refractivity contribution < 1.29 is 19.0 Å². The first-order valence-electron chi connectivity index (χ1n) is 9.80. The number of methoxy groups -OCH3 is 3. The first-order valence-corrected chi connectivity index (χ1v) is 9.80. The molecule has 2 aromatic rings. The predicted molar refractivity (Wildman–Crippen MR) is 117 cm³/mol. The van der Waals surface area contributed by atoms with Gasteiger partial charge in [-0.1, -0.05) is 45.0 Å². The lowest BCUT2D eigenvalue weighted by Gasteiger charge is -2.22. The van der Waals surface area contributed by atoms with E-state index in [0.717, 1.165) is 17.5 Å². The van der Waals surface area contributed by atoms with Crippen LogP contribution in [0.3, 0.4) is 0 Å². The third-order valence-corrected chi connectivity index (χ3v) is 4.83. The maximum absolute atomic E-state index is 12.6. The van der Waals surface area contributed by atoms with Gasteiger partial charge in [0.25, 0.3) is 0 Å². The fourth-order valence-corrected chi connectivity index (χ4v) is 3.17. The number of carbonyl (C=O) groups is 1. The zero-order chi connectivity index (χ0) is 21.4. The van der Waals surface area contributed by atoms with Crippen molar-refractivity contribution in [3.05, 3.63) is 59.2 Å². The van der Waals surface area contributed by atoms with Crippen molar-refractivity contribution in [1.82, 2.24) is 5.32 Å². The summed E-state index contributed by atoms with van der Waals surface area (Å²) in [5.74, 6) is 1.72. The van der Waals surface area contributed by atoms with Crippen LogP contribution in [0.25, 0.3) is 6.08 Å². The van der Waals surface area contributed by atoms with Gasteiger partial charge in [-0.25, -0.2) is 0 Å². The van der Waals surface area contributed by atoms with Gasteiger partial charge in [0.1, 0.15) is 0 Å². The molecule has 2 aromatic carbocycles. The molecule has 1 N–H and O–H groups in total. The van der Waals surface area contributed by atoms with Gasteiger partial charge in [0.2, 0.25) is 11.7 Å². The molecule has 0 aliphatic carbocycles. The molecule has 0 saturated heterocycles. The summed E-state index contributed by atoms with van der Waals surface area (Å²) < 4.78 is 16.0. The number of ether oxygens (including phenoxy) is 3. The molecule has 1 unspecified atom stereocenters. The van der Waals surface area contributed by atoms with Gasteiger partial charge in [-0.05, 0) is 47.2 Å². The zero-order valence-electron chi connectivity index (χ0n) is 18.1. The Kier molecular flexibility index (Phi) is 8.13. The molecule has 1 atom stereocenters. The molecule has 0 heterocycles. The number of amides is 1. The van der Waals surface area contributed by atoms with Crippen molar-refractivity contribution >= 4 is 12.0 Å². The van der Waals surface area contributed by atoms with Crippen molar-refractivity contribution in [2.24, 2.45) is 5.92 Å². The van der Waals surface area contributed by atoms with Gasteiger partial charge in [-0.3, -0.25) is 4.79 Å². The van der Waals surface area contributed by atoms with Gasteiger partial charge < -0.3 is 19.5 Å². The smallest absolute Gasteiger partial charge is 0.244 e. The summed E-state index contributed by atoms with van der Waals surface area (Å²) in [4.78, 5) is 12.6. The molecule has 0 aliphatic heterocycles. The molecule has 0 radical (unpaired) electrons. The number of nitrogens with one attached hydrogen (secondary N) is 1. The van der Waals surface area contributed by atoms with E-state index in [0.29, 0.717) is 17.2 Å². The number of carbonyl (C=O) groups excluding carboxylic acids is 1. The van der Waals surface area contributed by atoms with Crippen LogP contribution in [0.15, 0.2) is 42.5 Å². The minimum Gasteiger partial charge on any atom is -0.493 e. The van der Waals surface area contributed by atoms with E-state index in [9.17, 15) is 4.79 Å². The van der Waals surface area contributed by atoms with E-state index in [4.69, 9.17) is 14.2 Å². The van der Waals surface area contributed by atoms with E-state index in [-0.39, 0.29) is 17.9 Å². The molecule has 29 heavy (non-hydrogen) atoms. The fraction of sp³-hybridized carbons (Fsp3) is 0.375. The van der Waals surface area contributed by atoms with Crippen molar-refractivity contribution in [1.29, 1.82) is 0 Å². The topological polar surface area (TPSA) is 56.8 Å². The quantitative estimate of drug-likeness (QED) is 0.618. The Labute approximate surface area is 173 Å². The molecular formula is C24H31NO4. The predicted octanol–water partition coefficient (Wildman–Crippen LogP) is 4.80. The van der Waals surface area contributed by atoms with Crippen LogP contribution in [-0.2, 0) is 11.2 Å². The monoisotopic (exact) mass is 397 g/mol. The number of hydrogen-bond acceptors (Lipinski definition) is 4. The summed E-state index contributed by atoms with van der Waals surface area (Å²) in [6.07, 6.45) is 4.25. The number of rotatable bonds is 9. The van der Waals surface area contributed by atoms with E-state index in [1.54, 1.807) is 39.5 Å². The maximum atomic E-state index is 12.6. The molecule has 0 bridgehead atoms. The van der Waals surface area contributed by atoms with E-state index < -0.39 is 0 Å². The summed E-state index contributed by atoms with van der Waals surface area (Å²) in [7, 11) is 4.69. The average Bonchev–Trinajstić information content (AvgIpc) is 2.74. The van der Waals surface area contributed by atoms with E-state index in [1.807, 2.05) is 0 Å².